The molecule has 1 aliphatic carbocycles. The maximum Gasteiger partial charge on any atom is 0.229 e. The molecule has 2 amide bonds. The number of rotatable bonds is 6. The van der Waals surface area contributed by atoms with Crippen molar-refractivity contribution >= 4 is 23.4 Å². The molecule has 4 nitrogen and oxygen atoms in total. The number of amides is 2. The maximum atomic E-state index is 11.5. The van der Waals surface area contributed by atoms with Gasteiger partial charge in [0.25, 0.3) is 0 Å². The van der Waals surface area contributed by atoms with Gasteiger partial charge < -0.3 is 10.6 Å². The average Bonchev–Trinajstić information content (AvgIpc) is 3.12. The molecule has 19 heavy (non-hydrogen) atoms. The van der Waals surface area contributed by atoms with Crippen LogP contribution in [0.5, 0.6) is 0 Å². The quantitative estimate of drug-likeness (QED) is 0.779. The molecule has 1 fully saturated rings. The summed E-state index contributed by atoms with van der Waals surface area (Å²) in [5.74, 6) is -0.428. The predicted octanol–water partition coefficient (Wildman–Crippen LogP) is 1.67. The molecule has 0 atom stereocenters. The van der Waals surface area contributed by atoms with Gasteiger partial charge >= 0.3 is 0 Å². The maximum absolute atomic E-state index is 11.5. The minimum atomic E-state index is -0.236. The van der Waals surface area contributed by atoms with E-state index in [2.05, 4.69) is 10.6 Å². The zero-order chi connectivity index (χ0) is 13.7. The van der Waals surface area contributed by atoms with E-state index in [0.29, 0.717) is 24.0 Å². The number of carbonyl (C=O) groups excluding carboxylic acids is 2. The van der Waals surface area contributed by atoms with E-state index in [1.54, 1.807) is 0 Å². The van der Waals surface area contributed by atoms with E-state index >= 15 is 0 Å². The summed E-state index contributed by atoms with van der Waals surface area (Å²) in [6.45, 7) is 0.510. The highest BCUT2D eigenvalue weighted by Gasteiger charge is 2.23. The van der Waals surface area contributed by atoms with E-state index in [1.165, 1.54) is 0 Å². The second-order valence-electron chi connectivity index (χ2n) is 4.75. The first-order valence-corrected chi connectivity index (χ1v) is 6.82. The molecule has 2 N–H and O–H groups in total. The molecule has 0 radical (unpaired) electrons. The van der Waals surface area contributed by atoms with Gasteiger partial charge in [0.15, 0.2) is 0 Å². The van der Waals surface area contributed by atoms with Crippen LogP contribution in [0.25, 0.3) is 0 Å². The molecule has 0 aromatic heterocycles. The summed E-state index contributed by atoms with van der Waals surface area (Å²) in [4.78, 5) is 22.9. The molecule has 1 aromatic carbocycles. The standard InChI is InChI=1S/C14H17ClN2O2/c15-11-3-1-2-10(8-11)6-7-16-13(18)9-14(19)17-12-4-5-12/h1-3,8,12H,4-7,9H2,(H,16,18)(H,17,19). The molecule has 1 aromatic rings. The fraction of sp³-hybridized carbons (Fsp3) is 0.429. The lowest BCUT2D eigenvalue weighted by Crippen LogP contribution is -2.33. The zero-order valence-electron chi connectivity index (χ0n) is 10.6. The number of nitrogens with one attached hydrogen (secondary N) is 2. The summed E-state index contributed by atoms with van der Waals surface area (Å²) in [6, 6.07) is 7.81. The molecule has 0 heterocycles. The van der Waals surface area contributed by atoms with E-state index in [-0.39, 0.29) is 18.2 Å². The second-order valence-corrected chi connectivity index (χ2v) is 5.18. The Balaban J connectivity index is 1.64. The summed E-state index contributed by atoms with van der Waals surface area (Å²) in [7, 11) is 0. The molecule has 102 valence electrons. The van der Waals surface area contributed by atoms with Gasteiger partial charge in [-0.3, -0.25) is 9.59 Å². The number of halogens is 1. The van der Waals surface area contributed by atoms with Crippen LogP contribution in [-0.2, 0) is 16.0 Å². The Morgan fingerprint density at radius 3 is 2.74 bits per heavy atom. The van der Waals surface area contributed by atoms with Gasteiger partial charge in [0.1, 0.15) is 6.42 Å². The number of carbonyl (C=O) groups is 2. The third-order valence-corrected chi connectivity index (χ3v) is 3.12. The molecule has 0 spiro atoms. The van der Waals surface area contributed by atoms with Crippen molar-refractivity contribution in [2.24, 2.45) is 0 Å². The highest BCUT2D eigenvalue weighted by molar-refractivity contribution is 6.30. The van der Waals surface area contributed by atoms with Gasteiger partial charge in [0, 0.05) is 17.6 Å². The van der Waals surface area contributed by atoms with Crippen LogP contribution in [-0.4, -0.2) is 24.4 Å². The number of hydrogen-bond acceptors (Lipinski definition) is 2. The highest BCUT2D eigenvalue weighted by Crippen LogP contribution is 2.18. The SMILES string of the molecule is O=C(CC(=O)NC1CC1)NCCc1cccc(Cl)c1. The monoisotopic (exact) mass is 280 g/mol. The Kier molecular flexibility index (Phi) is 4.80. The fourth-order valence-corrected chi connectivity index (χ4v) is 1.97. The van der Waals surface area contributed by atoms with E-state index in [4.69, 9.17) is 11.6 Å². The van der Waals surface area contributed by atoms with Crippen LogP contribution < -0.4 is 10.6 Å². The molecule has 0 aliphatic heterocycles. The highest BCUT2D eigenvalue weighted by atomic mass is 35.5. The minimum Gasteiger partial charge on any atom is -0.355 e. The van der Waals surface area contributed by atoms with Crippen LogP contribution in [0, 0.1) is 0 Å². The third-order valence-electron chi connectivity index (χ3n) is 2.89. The minimum absolute atomic E-state index is 0.0912. The van der Waals surface area contributed by atoms with Gasteiger partial charge in [-0.15, -0.1) is 0 Å². The van der Waals surface area contributed by atoms with Crippen molar-refractivity contribution in [1.82, 2.24) is 10.6 Å². The lowest BCUT2D eigenvalue weighted by atomic mass is 10.1. The lowest BCUT2D eigenvalue weighted by molar-refractivity contribution is -0.129. The predicted molar refractivity (Wildman–Crippen MR) is 73.9 cm³/mol. The molecule has 1 saturated carbocycles. The Morgan fingerprint density at radius 2 is 2.05 bits per heavy atom. The number of benzene rings is 1. The van der Waals surface area contributed by atoms with Crippen LogP contribution >= 0.6 is 11.6 Å². The Morgan fingerprint density at radius 1 is 1.26 bits per heavy atom. The summed E-state index contributed by atoms with van der Waals surface area (Å²) < 4.78 is 0. The van der Waals surface area contributed by atoms with Crippen molar-refractivity contribution in [3.63, 3.8) is 0 Å². The first-order valence-electron chi connectivity index (χ1n) is 6.44. The number of hydrogen-bond donors (Lipinski definition) is 2. The van der Waals surface area contributed by atoms with Crippen molar-refractivity contribution in [2.75, 3.05) is 6.54 Å². The smallest absolute Gasteiger partial charge is 0.229 e. The van der Waals surface area contributed by atoms with Crippen molar-refractivity contribution in [3.8, 4) is 0 Å². The van der Waals surface area contributed by atoms with Crippen LogP contribution in [0.15, 0.2) is 24.3 Å². The first-order chi connectivity index (χ1) is 9.13. The van der Waals surface area contributed by atoms with Crippen LogP contribution in [0.3, 0.4) is 0 Å². The first kappa shape index (κ1) is 13.9. The van der Waals surface area contributed by atoms with Gasteiger partial charge in [-0.2, -0.15) is 0 Å². The topological polar surface area (TPSA) is 58.2 Å². The Bertz CT molecular complexity index is 472. The molecule has 5 heteroatoms. The lowest BCUT2D eigenvalue weighted by Gasteiger charge is -2.06. The largest absolute Gasteiger partial charge is 0.355 e. The Labute approximate surface area is 117 Å². The van der Waals surface area contributed by atoms with Gasteiger partial charge in [0.05, 0.1) is 0 Å². The van der Waals surface area contributed by atoms with Gasteiger partial charge in [-0.05, 0) is 37.0 Å². The third kappa shape index (κ3) is 5.30. The van der Waals surface area contributed by atoms with Crippen molar-refractivity contribution in [3.05, 3.63) is 34.9 Å². The van der Waals surface area contributed by atoms with E-state index in [9.17, 15) is 9.59 Å². The van der Waals surface area contributed by atoms with Crippen LogP contribution in [0.1, 0.15) is 24.8 Å². The summed E-state index contributed by atoms with van der Waals surface area (Å²) in [6.07, 6.45) is 2.67. The van der Waals surface area contributed by atoms with Gasteiger partial charge in [-0.25, -0.2) is 0 Å². The summed E-state index contributed by atoms with van der Waals surface area (Å²) in [5, 5.41) is 6.20. The van der Waals surface area contributed by atoms with Crippen LogP contribution in [0.2, 0.25) is 5.02 Å². The molecular weight excluding hydrogens is 264 g/mol. The van der Waals surface area contributed by atoms with E-state index in [1.807, 2.05) is 24.3 Å². The van der Waals surface area contributed by atoms with E-state index in [0.717, 1.165) is 18.4 Å². The van der Waals surface area contributed by atoms with Crippen LogP contribution in [0.4, 0.5) is 0 Å². The van der Waals surface area contributed by atoms with Crippen molar-refractivity contribution < 1.29 is 9.59 Å². The average molecular weight is 281 g/mol. The van der Waals surface area contributed by atoms with Gasteiger partial charge in [0.2, 0.25) is 11.8 Å². The molecular formula is C14H17ClN2O2. The molecule has 0 unspecified atom stereocenters. The fourth-order valence-electron chi connectivity index (χ4n) is 1.75. The van der Waals surface area contributed by atoms with Crippen molar-refractivity contribution in [2.45, 2.75) is 31.7 Å². The zero-order valence-corrected chi connectivity index (χ0v) is 11.4. The van der Waals surface area contributed by atoms with E-state index < -0.39 is 0 Å². The molecule has 2 rings (SSSR count). The molecule has 0 saturated heterocycles. The summed E-state index contributed by atoms with van der Waals surface area (Å²) >= 11 is 5.87. The normalized spacial score (nSPS) is 13.9. The second kappa shape index (κ2) is 6.57. The molecule has 0 bridgehead atoms. The summed E-state index contributed by atoms with van der Waals surface area (Å²) in [5.41, 5.74) is 1.07. The van der Waals surface area contributed by atoms with Gasteiger partial charge in [-0.1, -0.05) is 23.7 Å². The van der Waals surface area contributed by atoms with Crippen molar-refractivity contribution in [1.29, 1.82) is 0 Å². The molecule has 1 aliphatic rings. The Hall–Kier alpha value is -1.55.